The van der Waals surface area contributed by atoms with Crippen molar-refractivity contribution in [1.29, 1.82) is 0 Å². The maximum Gasteiger partial charge on any atom is 0.341 e. The fourth-order valence-electron chi connectivity index (χ4n) is 8.01. The van der Waals surface area contributed by atoms with Gasteiger partial charge in [0.1, 0.15) is 6.10 Å². The predicted molar refractivity (Wildman–Crippen MR) is 158 cm³/mol. The van der Waals surface area contributed by atoms with Crippen molar-refractivity contribution in [3.8, 4) is 0 Å². The molecule has 2 heterocycles. The maximum absolute atomic E-state index is 13.2. The molecule has 7 heteroatoms. The number of hydrogen-bond donors (Lipinski definition) is 0. The summed E-state index contributed by atoms with van der Waals surface area (Å²) in [6.07, 6.45) is 9.67. The van der Waals surface area contributed by atoms with E-state index in [0.29, 0.717) is 29.7 Å². The molecule has 5 rings (SSSR count). The Labute approximate surface area is 233 Å². The van der Waals surface area contributed by atoms with Crippen LogP contribution >= 0.6 is 0 Å². The van der Waals surface area contributed by atoms with Crippen molar-refractivity contribution in [1.82, 2.24) is 0 Å². The minimum Gasteiger partial charge on any atom is -0.458 e. The Hall–Kier alpha value is -1.03. The highest BCUT2D eigenvalue weighted by molar-refractivity contribution is 6.74. The van der Waals surface area contributed by atoms with Gasteiger partial charge < -0.3 is 13.6 Å². The van der Waals surface area contributed by atoms with E-state index < -0.39 is 22.6 Å². The summed E-state index contributed by atoms with van der Waals surface area (Å²) in [6.45, 7) is 16.0. The number of Topliss-reactive ketones (excluding diaryl/α,β-unsaturated/α-hetero) is 1. The van der Waals surface area contributed by atoms with Crippen LogP contribution in [0.2, 0.25) is 36.3 Å². The number of ether oxygens (including phenoxy) is 1. The van der Waals surface area contributed by atoms with Crippen molar-refractivity contribution in [2.45, 2.75) is 129 Å². The Morgan fingerprint density at radius 1 is 0.816 bits per heavy atom. The molecular weight excluding hydrogens is 509 g/mol. The highest BCUT2D eigenvalue weighted by atomic mass is 28.4. The SMILES string of the molecule is CC[Si](CC)(CC)O[C@H]1C[C@@H]2CC(=O)C(=C[C@@H]3[C@H]4C[C@H](C)[C@H](O[Si](CC)(CC)CC)[C@H]4C=C[C@@H]3C1)C(=O)O2. The van der Waals surface area contributed by atoms with Gasteiger partial charge in [0.15, 0.2) is 22.4 Å². The Morgan fingerprint density at radius 2 is 1.42 bits per heavy atom. The zero-order valence-electron chi connectivity index (χ0n) is 25.0. The number of carbonyl (C=O) groups excluding carboxylic acids is 2. The number of fused-ring (bicyclic) bond motifs is 5. The molecule has 1 saturated carbocycles. The Balaban J connectivity index is 1.70. The van der Waals surface area contributed by atoms with Crippen LogP contribution in [0.25, 0.3) is 0 Å². The van der Waals surface area contributed by atoms with Gasteiger partial charge in [-0.15, -0.1) is 0 Å². The van der Waals surface area contributed by atoms with Gasteiger partial charge in [-0.1, -0.05) is 66.7 Å². The van der Waals surface area contributed by atoms with E-state index in [1.165, 1.54) is 0 Å². The smallest absolute Gasteiger partial charge is 0.341 e. The summed E-state index contributed by atoms with van der Waals surface area (Å²) in [5.74, 6) is 1.10. The van der Waals surface area contributed by atoms with Gasteiger partial charge in [-0.2, -0.15) is 0 Å². The van der Waals surface area contributed by atoms with Gasteiger partial charge in [0.05, 0.1) is 11.7 Å². The summed E-state index contributed by atoms with van der Waals surface area (Å²) < 4.78 is 20.0. The summed E-state index contributed by atoms with van der Waals surface area (Å²) in [5, 5.41) is 0. The molecule has 2 bridgehead atoms. The average molecular weight is 561 g/mol. The number of carbonyl (C=O) groups is 2. The van der Waals surface area contributed by atoms with Crippen LogP contribution in [0.4, 0.5) is 0 Å². The molecule has 5 aliphatic rings. The number of esters is 1. The third-order valence-corrected chi connectivity index (χ3v) is 20.3. The predicted octanol–water partition coefficient (Wildman–Crippen LogP) is 7.45. The van der Waals surface area contributed by atoms with Crippen molar-refractivity contribution in [2.24, 2.45) is 29.6 Å². The van der Waals surface area contributed by atoms with Crippen LogP contribution in [0.15, 0.2) is 23.8 Å². The first-order chi connectivity index (χ1) is 18.2. The second-order valence-corrected chi connectivity index (χ2v) is 22.0. The molecule has 2 aliphatic heterocycles. The highest BCUT2D eigenvalue weighted by Crippen LogP contribution is 2.52. The third-order valence-electron chi connectivity index (χ3n) is 10.9. The van der Waals surface area contributed by atoms with Gasteiger partial charge in [0.2, 0.25) is 0 Å². The molecule has 0 aromatic heterocycles. The van der Waals surface area contributed by atoms with E-state index in [9.17, 15) is 9.59 Å². The molecule has 214 valence electrons. The average Bonchev–Trinajstić information content (AvgIpc) is 3.23. The van der Waals surface area contributed by atoms with E-state index in [1.54, 1.807) is 0 Å². The first-order valence-corrected chi connectivity index (χ1v) is 20.7. The lowest BCUT2D eigenvalue weighted by molar-refractivity contribution is -0.152. The zero-order chi connectivity index (χ0) is 27.7. The normalized spacial score (nSPS) is 35.5. The molecule has 2 fully saturated rings. The maximum atomic E-state index is 13.2. The van der Waals surface area contributed by atoms with E-state index in [2.05, 4.69) is 60.6 Å². The van der Waals surface area contributed by atoms with E-state index in [-0.39, 0.29) is 42.4 Å². The number of allylic oxidation sites excluding steroid dienone is 2. The van der Waals surface area contributed by atoms with Gasteiger partial charge in [0.25, 0.3) is 0 Å². The zero-order valence-corrected chi connectivity index (χ0v) is 27.0. The quantitative estimate of drug-likeness (QED) is 0.120. The lowest BCUT2D eigenvalue weighted by Gasteiger charge is -2.43. The van der Waals surface area contributed by atoms with Crippen molar-refractivity contribution < 1.29 is 23.2 Å². The molecule has 0 unspecified atom stereocenters. The van der Waals surface area contributed by atoms with E-state index in [1.807, 2.05) is 6.08 Å². The Morgan fingerprint density at radius 3 is 2.00 bits per heavy atom. The minimum absolute atomic E-state index is 0.0140. The molecule has 5 nitrogen and oxygen atoms in total. The van der Waals surface area contributed by atoms with Gasteiger partial charge in [-0.25, -0.2) is 4.79 Å². The van der Waals surface area contributed by atoms with Crippen LogP contribution in [0.5, 0.6) is 0 Å². The third kappa shape index (κ3) is 5.72. The van der Waals surface area contributed by atoms with Crippen LogP contribution < -0.4 is 0 Å². The largest absolute Gasteiger partial charge is 0.458 e. The van der Waals surface area contributed by atoms with Gasteiger partial charge in [-0.3, -0.25) is 4.79 Å². The summed E-state index contributed by atoms with van der Waals surface area (Å²) in [7, 11) is -3.62. The molecule has 0 amide bonds. The topological polar surface area (TPSA) is 61.8 Å². The van der Waals surface area contributed by atoms with E-state index >= 15 is 0 Å². The Bertz CT molecular complexity index is 885. The standard InChI is InChI=1S/C31H52O5Si2/c1-8-37(9-2,10-3)35-24-17-22-14-15-25-27(16-21(7)30(25)36-38(11-4,12-5)13-6)26(22)20-28-29(32)19-23(18-24)34-31(28)33/h14-15,20-27,30H,8-13,16-19H2,1-7H3/t21-,22+,23+,24+,25-,26-,27-,30-/m0/s1. The molecule has 0 N–H and O–H groups in total. The molecule has 8 atom stereocenters. The fraction of sp³-hybridized carbons (Fsp3) is 0.806. The Kier molecular flexibility index (Phi) is 9.64. The monoisotopic (exact) mass is 560 g/mol. The number of hydrogen-bond acceptors (Lipinski definition) is 5. The molecule has 0 spiro atoms. The summed E-state index contributed by atoms with van der Waals surface area (Å²) in [4.78, 5) is 26.3. The van der Waals surface area contributed by atoms with Crippen LogP contribution in [0.1, 0.15) is 74.1 Å². The van der Waals surface area contributed by atoms with Crippen LogP contribution in [0, 0.1) is 29.6 Å². The van der Waals surface area contributed by atoms with Crippen molar-refractivity contribution in [2.75, 3.05) is 0 Å². The number of rotatable bonds is 10. The summed E-state index contributed by atoms with van der Waals surface area (Å²) >= 11 is 0. The molecule has 0 radical (unpaired) electrons. The summed E-state index contributed by atoms with van der Waals surface area (Å²) in [6, 6.07) is 6.73. The molecule has 0 aromatic carbocycles. The van der Waals surface area contributed by atoms with Gasteiger partial charge >= 0.3 is 5.97 Å². The van der Waals surface area contributed by atoms with E-state index in [4.69, 9.17) is 13.6 Å². The van der Waals surface area contributed by atoms with E-state index in [0.717, 1.165) is 49.1 Å². The van der Waals surface area contributed by atoms with Crippen molar-refractivity contribution in [3.63, 3.8) is 0 Å². The molecule has 38 heavy (non-hydrogen) atoms. The number of ketones is 1. The van der Waals surface area contributed by atoms with Crippen molar-refractivity contribution >= 4 is 28.4 Å². The molecule has 1 saturated heterocycles. The van der Waals surface area contributed by atoms with Gasteiger partial charge in [-0.05, 0) is 72.8 Å². The lowest BCUT2D eigenvalue weighted by Crippen LogP contribution is -2.46. The molecular formula is C31H52O5Si2. The minimum atomic E-state index is -1.86. The first-order valence-electron chi connectivity index (χ1n) is 15.7. The lowest BCUT2D eigenvalue weighted by atomic mass is 9.68. The van der Waals surface area contributed by atoms with Gasteiger partial charge in [0, 0.05) is 24.9 Å². The second-order valence-electron chi connectivity index (χ2n) is 12.6. The highest BCUT2D eigenvalue weighted by Gasteiger charge is 2.51. The fourth-order valence-corrected chi connectivity index (χ4v) is 13.9. The molecule has 0 aromatic rings. The molecule has 3 aliphatic carbocycles. The van der Waals surface area contributed by atoms with Crippen LogP contribution in [-0.4, -0.2) is 46.7 Å². The first kappa shape index (κ1) is 29.9. The van der Waals surface area contributed by atoms with Crippen molar-refractivity contribution in [3.05, 3.63) is 23.8 Å². The van der Waals surface area contributed by atoms with Crippen LogP contribution in [-0.2, 0) is 23.2 Å². The van der Waals surface area contributed by atoms with Crippen LogP contribution in [0.3, 0.4) is 0 Å². The second kappa shape index (κ2) is 12.2. The summed E-state index contributed by atoms with van der Waals surface area (Å²) in [5.41, 5.74) is 0.292.